The normalized spacial score (nSPS) is 38.6. The Morgan fingerprint density at radius 1 is 1.44 bits per heavy atom. The number of piperidine rings is 1. The van der Waals surface area contributed by atoms with Crippen LogP contribution >= 0.6 is 0 Å². The topological polar surface area (TPSA) is 58.6 Å². The van der Waals surface area contributed by atoms with Crippen LogP contribution in [0.25, 0.3) is 0 Å². The highest BCUT2D eigenvalue weighted by molar-refractivity contribution is 5.87. The molecular formula is C12H19NO3. The van der Waals surface area contributed by atoms with E-state index in [1.54, 1.807) is 13.0 Å². The molecule has 4 atom stereocenters. The summed E-state index contributed by atoms with van der Waals surface area (Å²) in [5, 5.41) is 13.0. The first-order chi connectivity index (χ1) is 7.60. The summed E-state index contributed by atoms with van der Waals surface area (Å²) in [6, 6.07) is 0.403. The number of fused-ring (bicyclic) bond motifs is 2. The number of carbonyl (C=O) groups is 1. The van der Waals surface area contributed by atoms with Gasteiger partial charge < -0.3 is 15.2 Å². The van der Waals surface area contributed by atoms with Crippen LogP contribution in [0.5, 0.6) is 0 Å². The first kappa shape index (κ1) is 11.6. The van der Waals surface area contributed by atoms with Crippen molar-refractivity contribution < 1.29 is 14.6 Å². The number of esters is 1. The van der Waals surface area contributed by atoms with Crippen molar-refractivity contribution in [2.45, 2.75) is 57.4 Å². The molecule has 2 heterocycles. The highest BCUT2D eigenvalue weighted by atomic mass is 16.5. The zero-order valence-corrected chi connectivity index (χ0v) is 9.77. The van der Waals surface area contributed by atoms with Gasteiger partial charge in [0.25, 0.3) is 0 Å². The molecule has 4 nitrogen and oxygen atoms in total. The van der Waals surface area contributed by atoms with E-state index in [1.807, 2.05) is 6.92 Å². The summed E-state index contributed by atoms with van der Waals surface area (Å²) in [5.74, 6) is -0.233. The Hall–Kier alpha value is -0.870. The number of rotatable bonds is 2. The second-order valence-corrected chi connectivity index (χ2v) is 4.74. The van der Waals surface area contributed by atoms with Crippen LogP contribution in [-0.2, 0) is 9.53 Å². The van der Waals surface area contributed by atoms with Crippen molar-refractivity contribution in [1.29, 1.82) is 0 Å². The Bertz CT molecular complexity index is 311. The molecule has 0 saturated carbocycles. The van der Waals surface area contributed by atoms with Crippen LogP contribution in [0.3, 0.4) is 0 Å². The maximum atomic E-state index is 11.6. The van der Waals surface area contributed by atoms with Crippen molar-refractivity contribution in [3.8, 4) is 0 Å². The summed E-state index contributed by atoms with van der Waals surface area (Å²) < 4.78 is 5.41. The zero-order valence-electron chi connectivity index (χ0n) is 9.77. The maximum absolute atomic E-state index is 11.6. The molecule has 2 bridgehead atoms. The van der Waals surface area contributed by atoms with Gasteiger partial charge in [-0.2, -0.15) is 0 Å². The van der Waals surface area contributed by atoms with Gasteiger partial charge in [0.15, 0.2) is 0 Å². The molecule has 2 aliphatic heterocycles. The van der Waals surface area contributed by atoms with Gasteiger partial charge in [-0.25, -0.2) is 4.79 Å². The van der Waals surface area contributed by atoms with E-state index in [2.05, 4.69) is 5.32 Å². The minimum absolute atomic E-state index is 0.0456. The summed E-state index contributed by atoms with van der Waals surface area (Å²) in [4.78, 5) is 11.6. The Labute approximate surface area is 95.7 Å². The molecule has 2 N–H and O–H groups in total. The van der Waals surface area contributed by atoms with Gasteiger partial charge >= 0.3 is 5.97 Å². The lowest BCUT2D eigenvalue weighted by Crippen LogP contribution is -2.44. The molecule has 0 aromatic heterocycles. The lowest BCUT2D eigenvalue weighted by Gasteiger charge is -2.29. The molecule has 2 saturated heterocycles. The molecule has 2 aliphatic rings. The molecule has 0 amide bonds. The number of aliphatic hydroxyl groups excluding tert-OH is 1. The minimum atomic E-state index is -0.281. The van der Waals surface area contributed by atoms with Crippen molar-refractivity contribution in [2.24, 2.45) is 0 Å². The summed E-state index contributed by atoms with van der Waals surface area (Å²) in [5.41, 5.74) is 0.645. The minimum Gasteiger partial charge on any atom is -0.459 e. The number of hydrogen-bond acceptors (Lipinski definition) is 4. The average Bonchev–Trinajstić information content (AvgIpc) is 2.51. The molecule has 2 rings (SSSR count). The number of hydrogen-bond donors (Lipinski definition) is 2. The van der Waals surface area contributed by atoms with Crippen LogP contribution in [0.2, 0.25) is 0 Å². The van der Waals surface area contributed by atoms with Gasteiger partial charge in [-0.15, -0.1) is 0 Å². The van der Waals surface area contributed by atoms with Crippen molar-refractivity contribution in [2.75, 3.05) is 0 Å². The number of ether oxygens (including phenoxy) is 1. The number of allylic oxidation sites excluding steroid dienone is 1. The second-order valence-electron chi connectivity index (χ2n) is 4.74. The molecule has 0 radical (unpaired) electrons. The van der Waals surface area contributed by atoms with E-state index in [4.69, 9.17) is 4.74 Å². The summed E-state index contributed by atoms with van der Waals surface area (Å²) in [6.07, 6.45) is 3.75. The molecule has 2 fully saturated rings. The fourth-order valence-electron chi connectivity index (χ4n) is 2.48. The van der Waals surface area contributed by atoms with Crippen molar-refractivity contribution in [1.82, 2.24) is 5.32 Å². The monoisotopic (exact) mass is 225 g/mol. The van der Waals surface area contributed by atoms with E-state index in [-0.39, 0.29) is 24.2 Å². The Kier molecular flexibility index (Phi) is 3.30. The van der Waals surface area contributed by atoms with Crippen molar-refractivity contribution >= 4 is 5.97 Å². The third-order valence-corrected chi connectivity index (χ3v) is 3.53. The molecule has 90 valence electrons. The Morgan fingerprint density at radius 2 is 2.19 bits per heavy atom. The first-order valence-corrected chi connectivity index (χ1v) is 5.88. The highest BCUT2D eigenvalue weighted by Gasteiger charge is 2.40. The van der Waals surface area contributed by atoms with Crippen LogP contribution in [0.1, 0.15) is 33.1 Å². The third kappa shape index (κ3) is 2.28. The Morgan fingerprint density at radius 3 is 2.81 bits per heavy atom. The van der Waals surface area contributed by atoms with Gasteiger partial charge in [0.05, 0.1) is 6.10 Å². The van der Waals surface area contributed by atoms with E-state index in [9.17, 15) is 9.90 Å². The highest BCUT2D eigenvalue weighted by Crippen LogP contribution is 2.29. The summed E-state index contributed by atoms with van der Waals surface area (Å²) >= 11 is 0. The largest absolute Gasteiger partial charge is 0.459 e. The smallest absolute Gasteiger partial charge is 0.333 e. The lowest BCUT2D eigenvalue weighted by molar-refractivity contribution is -0.146. The molecule has 0 aromatic carbocycles. The van der Waals surface area contributed by atoms with Gasteiger partial charge in [-0.05, 0) is 26.7 Å². The van der Waals surface area contributed by atoms with Crippen LogP contribution < -0.4 is 5.32 Å². The third-order valence-electron chi connectivity index (χ3n) is 3.53. The van der Waals surface area contributed by atoms with Gasteiger partial charge in [0.1, 0.15) is 6.10 Å². The van der Waals surface area contributed by atoms with Crippen molar-refractivity contribution in [3.05, 3.63) is 11.6 Å². The number of aliphatic hydroxyl groups is 1. The Balaban J connectivity index is 1.91. The molecule has 0 aromatic rings. The van der Waals surface area contributed by atoms with Gasteiger partial charge in [-0.1, -0.05) is 6.08 Å². The lowest BCUT2D eigenvalue weighted by atomic mass is 10.0. The van der Waals surface area contributed by atoms with E-state index >= 15 is 0 Å². The second kappa shape index (κ2) is 4.55. The number of carbonyl (C=O) groups excluding carboxylic acids is 1. The fourth-order valence-corrected chi connectivity index (χ4v) is 2.48. The summed E-state index contributed by atoms with van der Waals surface area (Å²) in [7, 11) is 0. The average molecular weight is 225 g/mol. The van der Waals surface area contributed by atoms with Gasteiger partial charge in [0.2, 0.25) is 0 Å². The van der Waals surface area contributed by atoms with Crippen LogP contribution in [0.4, 0.5) is 0 Å². The van der Waals surface area contributed by atoms with Gasteiger partial charge in [-0.3, -0.25) is 0 Å². The van der Waals surface area contributed by atoms with E-state index in [0.717, 1.165) is 19.3 Å². The first-order valence-electron chi connectivity index (χ1n) is 5.88. The standard InChI is InChI=1S/C12H19NO3/c1-3-7(2)12(15)16-9-4-8-5-11(14)10(6-9)13-8/h3,8-11,13-14H,4-6H2,1-2H3/b7-3+/t8-,9-,10+,11-/m0/s1. The quantitative estimate of drug-likeness (QED) is 0.538. The molecule has 16 heavy (non-hydrogen) atoms. The molecule has 0 unspecified atom stereocenters. The number of nitrogens with one attached hydrogen (secondary N) is 1. The van der Waals surface area contributed by atoms with Crippen LogP contribution in [0.15, 0.2) is 11.6 Å². The summed E-state index contributed by atoms with van der Waals surface area (Å²) in [6.45, 7) is 3.58. The fraction of sp³-hybridized carbons (Fsp3) is 0.750. The van der Waals surface area contributed by atoms with E-state index in [1.165, 1.54) is 0 Å². The molecular weight excluding hydrogens is 206 g/mol. The predicted octanol–water partition coefficient (Wildman–Crippen LogP) is 0.750. The molecule has 4 heteroatoms. The van der Waals surface area contributed by atoms with Crippen LogP contribution in [0, 0.1) is 0 Å². The van der Waals surface area contributed by atoms with Crippen molar-refractivity contribution in [3.63, 3.8) is 0 Å². The van der Waals surface area contributed by atoms with E-state index < -0.39 is 0 Å². The van der Waals surface area contributed by atoms with E-state index in [0.29, 0.717) is 11.6 Å². The molecule has 0 aliphatic carbocycles. The predicted molar refractivity (Wildman–Crippen MR) is 59.9 cm³/mol. The van der Waals surface area contributed by atoms with Crippen LogP contribution in [-0.4, -0.2) is 35.4 Å². The maximum Gasteiger partial charge on any atom is 0.333 e. The SMILES string of the molecule is C/C=C(\C)C(=O)O[C@H]1C[C@H]2C[C@H](O)[C@@H](C1)N2. The van der Waals surface area contributed by atoms with Gasteiger partial charge in [0, 0.05) is 24.1 Å². The zero-order chi connectivity index (χ0) is 11.7. The molecule has 0 spiro atoms.